The van der Waals surface area contributed by atoms with E-state index >= 15 is 0 Å². The van der Waals surface area contributed by atoms with E-state index in [2.05, 4.69) is 27.7 Å². The van der Waals surface area contributed by atoms with Crippen molar-refractivity contribution in [2.75, 3.05) is 0 Å². The molecule has 0 aromatic carbocycles. The van der Waals surface area contributed by atoms with Gasteiger partial charge in [-0.2, -0.15) is 0 Å². The Bertz CT molecular complexity index is 394. The first kappa shape index (κ1) is 40.9. The maximum absolute atomic E-state index is 7.61. The zero-order chi connectivity index (χ0) is 26.6. The fraction of sp³-hybridized carbons (Fsp3) is 1.00. The van der Waals surface area contributed by atoms with E-state index in [1.54, 1.807) is 0 Å². The molecule has 0 fully saturated rings. The first-order valence-electron chi connectivity index (χ1n) is 16.8. The second-order valence-electron chi connectivity index (χ2n) is 11.6. The second-order valence-corrected chi connectivity index (χ2v) is 34.5. The molecule has 0 aromatic rings. The van der Waals surface area contributed by atoms with Crippen LogP contribution in [-0.4, -0.2) is 43.3 Å². The Hall–Kier alpha value is 1.81. The van der Waals surface area contributed by atoms with Gasteiger partial charge in [0.2, 0.25) is 0 Å². The molecule has 0 heterocycles. The summed E-state index contributed by atoms with van der Waals surface area (Å²) in [5, 5.41) is 0. The Labute approximate surface area is 251 Å². The van der Waals surface area contributed by atoms with Crippen molar-refractivity contribution in [1.29, 1.82) is 0 Å². The third-order valence-electron chi connectivity index (χ3n) is 7.75. The molecule has 0 atom stereocenters. The van der Waals surface area contributed by atoms with Gasteiger partial charge in [-0.05, 0) is 0 Å². The summed E-state index contributed by atoms with van der Waals surface area (Å²) in [6.45, 7) is 9.27. The third kappa shape index (κ3) is 29.1. The molecule has 0 bridgehead atoms. The maximum atomic E-state index is 7.61. The summed E-state index contributed by atoms with van der Waals surface area (Å²) in [5.41, 5.74) is 0. The Morgan fingerprint density at radius 2 is 0.703 bits per heavy atom. The quantitative estimate of drug-likeness (QED) is 0.0531. The van der Waals surface area contributed by atoms with E-state index in [0.717, 1.165) is 0 Å². The van der Waals surface area contributed by atoms with Crippen LogP contribution in [0.1, 0.15) is 182 Å². The van der Waals surface area contributed by atoms with Gasteiger partial charge in [0.15, 0.2) is 0 Å². The molecule has 0 unspecified atom stereocenters. The first-order valence-corrected chi connectivity index (χ1v) is 30.9. The van der Waals surface area contributed by atoms with Crippen LogP contribution in [0.15, 0.2) is 0 Å². The monoisotopic (exact) mass is 761 g/mol. The standard InChI is InChI=1S/4C8H17.ClH.H2O.O.2Sn/c4*1-3-5-7-8-6-4-2;;;;;/h4*1,3-8H2,2H3;1H;1H2;;;/q;;;;;;;;+1/p-1. The van der Waals surface area contributed by atoms with Crippen molar-refractivity contribution in [1.82, 2.24) is 0 Å². The van der Waals surface area contributed by atoms with E-state index in [9.17, 15) is 0 Å². The van der Waals surface area contributed by atoms with E-state index < -0.39 is 37.8 Å². The van der Waals surface area contributed by atoms with Gasteiger partial charge in [-0.3, -0.25) is 0 Å². The minimum absolute atomic E-state index is 0. The van der Waals surface area contributed by atoms with Gasteiger partial charge < -0.3 is 5.48 Å². The first-order chi connectivity index (χ1) is 17.6. The predicted octanol–water partition coefficient (Wildman–Crippen LogP) is 12.3. The van der Waals surface area contributed by atoms with E-state index in [1.807, 2.05) is 0 Å². The predicted molar refractivity (Wildman–Crippen MR) is 175 cm³/mol. The average Bonchev–Trinajstić information content (AvgIpc) is 2.87. The molecule has 0 saturated carbocycles. The molecule has 0 aliphatic rings. The minimum atomic E-state index is -2.93. The summed E-state index contributed by atoms with van der Waals surface area (Å²) in [5.74, 6) is 0. The van der Waals surface area contributed by atoms with Crippen LogP contribution >= 0.6 is 8.92 Å². The van der Waals surface area contributed by atoms with E-state index in [0.29, 0.717) is 0 Å². The van der Waals surface area contributed by atoms with Crippen LogP contribution in [0, 0.1) is 0 Å². The molecule has 37 heavy (non-hydrogen) atoms. The summed E-state index contributed by atoms with van der Waals surface area (Å²) in [6, 6.07) is 0. The van der Waals surface area contributed by atoms with Gasteiger partial charge >= 0.3 is 248 Å². The number of halogens is 1. The molecule has 0 aliphatic carbocycles. The van der Waals surface area contributed by atoms with Crippen LogP contribution in [0.4, 0.5) is 0 Å². The summed E-state index contributed by atoms with van der Waals surface area (Å²) in [7, 11) is 7.61. The normalized spacial score (nSPS) is 11.8. The van der Waals surface area contributed by atoms with Crippen LogP contribution in [0.5, 0.6) is 0 Å². The fourth-order valence-electron chi connectivity index (χ4n) is 5.26. The molecule has 2 nitrogen and oxygen atoms in total. The summed E-state index contributed by atoms with van der Waals surface area (Å²) < 4.78 is 12.8. The Balaban J connectivity index is 0. The Morgan fingerprint density at radius 1 is 0.432 bits per heavy atom. The largest absolute Gasteiger partial charge is 0.412 e. The number of unbranched alkanes of at least 4 members (excludes halogenated alkanes) is 20. The number of rotatable bonds is 30. The molecular formula is C32H70ClO2Sn2. The topological polar surface area (TPSA) is 40.7 Å². The molecule has 0 aliphatic heterocycles. The number of hydrogen-bond donors (Lipinski definition) is 0. The van der Waals surface area contributed by atoms with Gasteiger partial charge in [-0.1, -0.05) is 0 Å². The van der Waals surface area contributed by atoms with Crippen LogP contribution in [-0.2, 0) is 1.41 Å². The fourth-order valence-corrected chi connectivity index (χ4v) is 41.9. The average molecular weight is 760 g/mol. The van der Waals surface area contributed by atoms with E-state index in [4.69, 9.17) is 10.3 Å². The van der Waals surface area contributed by atoms with E-state index in [1.165, 1.54) is 172 Å². The zero-order valence-electron chi connectivity index (χ0n) is 26.1. The van der Waals surface area contributed by atoms with Gasteiger partial charge in [0, 0.05) is 0 Å². The van der Waals surface area contributed by atoms with Crippen molar-refractivity contribution in [2.24, 2.45) is 0 Å². The Kier molecular flexibility index (Phi) is 35.8. The van der Waals surface area contributed by atoms with Crippen LogP contribution in [0.3, 0.4) is 0 Å². The molecule has 5 heteroatoms. The molecule has 0 saturated heterocycles. The number of hydrogen-bond acceptors (Lipinski definition) is 1. The molecule has 0 aromatic heterocycles. The van der Waals surface area contributed by atoms with Gasteiger partial charge in [0.1, 0.15) is 0 Å². The van der Waals surface area contributed by atoms with Crippen molar-refractivity contribution in [3.05, 3.63) is 0 Å². The SMILES string of the molecule is CCCCCCC[CH2][Sn]([CH2]CCCCCCC)[O][Sn]([Cl])([CH2]CCCCCCC)[CH2]CCCCCCC.O. The van der Waals surface area contributed by atoms with Crippen molar-refractivity contribution >= 4 is 46.8 Å². The third-order valence-corrected chi connectivity index (χ3v) is 39.6. The molecule has 2 N–H and O–H groups in total. The summed E-state index contributed by atoms with van der Waals surface area (Å²) in [6.07, 6.45) is 33.6. The van der Waals surface area contributed by atoms with Gasteiger partial charge in [0.25, 0.3) is 0 Å². The van der Waals surface area contributed by atoms with E-state index in [-0.39, 0.29) is 5.48 Å². The summed E-state index contributed by atoms with van der Waals surface area (Å²) in [4.78, 5) is 0. The maximum Gasteiger partial charge on any atom is -0.412 e. The van der Waals surface area contributed by atoms with Crippen LogP contribution in [0.25, 0.3) is 0 Å². The van der Waals surface area contributed by atoms with Crippen molar-refractivity contribution in [2.45, 2.75) is 200 Å². The van der Waals surface area contributed by atoms with Crippen molar-refractivity contribution in [3.63, 3.8) is 0 Å². The van der Waals surface area contributed by atoms with Crippen LogP contribution in [0.2, 0.25) is 17.7 Å². The minimum Gasteiger partial charge on any atom is -0.412 e. The van der Waals surface area contributed by atoms with Crippen LogP contribution < -0.4 is 0 Å². The molecule has 1 radical (unpaired) electrons. The smallest absolute Gasteiger partial charge is 0.412 e. The molecule has 225 valence electrons. The van der Waals surface area contributed by atoms with Gasteiger partial charge in [-0.15, -0.1) is 0 Å². The summed E-state index contributed by atoms with van der Waals surface area (Å²) >= 11 is -4.75. The molecule has 0 amide bonds. The van der Waals surface area contributed by atoms with Crippen molar-refractivity contribution in [3.8, 4) is 0 Å². The van der Waals surface area contributed by atoms with Gasteiger partial charge in [-0.25, -0.2) is 0 Å². The molecule has 0 spiro atoms. The van der Waals surface area contributed by atoms with Crippen molar-refractivity contribution < 1.29 is 6.89 Å². The zero-order valence-corrected chi connectivity index (χ0v) is 32.5. The molecule has 0 rings (SSSR count). The second kappa shape index (κ2) is 32.3. The molecular weight excluding hydrogens is 689 g/mol. The van der Waals surface area contributed by atoms with Gasteiger partial charge in [0.05, 0.1) is 0 Å². The Morgan fingerprint density at radius 3 is 1.03 bits per heavy atom.